The zero-order valence-corrected chi connectivity index (χ0v) is 12.6. The summed E-state index contributed by atoms with van der Waals surface area (Å²) < 4.78 is 12.4. The predicted octanol–water partition coefficient (Wildman–Crippen LogP) is 1.27. The molecule has 2 aromatic rings. The third-order valence-electron chi connectivity index (χ3n) is 3.58. The van der Waals surface area contributed by atoms with Gasteiger partial charge in [-0.15, -0.1) is 5.10 Å². The molecule has 122 valence electrons. The molecule has 0 aliphatic carbocycles. The lowest BCUT2D eigenvalue weighted by atomic mass is 10.1. The molecule has 0 saturated carbocycles. The summed E-state index contributed by atoms with van der Waals surface area (Å²) in [6.07, 6.45) is 4.47. The number of carbonyl (C=O) groups excluding carboxylic acids is 1. The molecular formula is C15H18N4O4. The van der Waals surface area contributed by atoms with E-state index in [1.807, 2.05) is 24.4 Å². The fourth-order valence-electron chi connectivity index (χ4n) is 2.40. The molecule has 3 rings (SSSR count). The molecule has 1 amide bonds. The van der Waals surface area contributed by atoms with Gasteiger partial charge in [0.25, 0.3) is 0 Å². The Bertz CT molecular complexity index is 686. The van der Waals surface area contributed by atoms with E-state index in [0.29, 0.717) is 19.4 Å². The van der Waals surface area contributed by atoms with Crippen LogP contribution in [0.15, 0.2) is 24.4 Å². The number of hydrogen-bond donors (Lipinski definition) is 2. The first-order chi connectivity index (χ1) is 11.2. The van der Waals surface area contributed by atoms with Gasteiger partial charge in [0.1, 0.15) is 0 Å². The third-order valence-corrected chi connectivity index (χ3v) is 3.58. The molecule has 2 heterocycles. The van der Waals surface area contributed by atoms with Crippen LogP contribution in [-0.2, 0) is 17.8 Å². The number of rotatable bonds is 7. The van der Waals surface area contributed by atoms with Gasteiger partial charge in [0.15, 0.2) is 11.5 Å². The number of fused-ring (bicyclic) bond motifs is 1. The normalized spacial score (nSPS) is 12.4. The van der Waals surface area contributed by atoms with Crippen molar-refractivity contribution in [2.75, 3.05) is 6.79 Å². The fourth-order valence-corrected chi connectivity index (χ4v) is 2.40. The van der Waals surface area contributed by atoms with Crippen LogP contribution in [-0.4, -0.2) is 32.9 Å². The highest BCUT2D eigenvalue weighted by Crippen LogP contribution is 2.32. The lowest BCUT2D eigenvalue weighted by Gasteiger charge is -2.02. The minimum atomic E-state index is -0.364. The van der Waals surface area contributed by atoms with E-state index in [2.05, 4.69) is 10.3 Å². The first-order valence-corrected chi connectivity index (χ1v) is 7.45. The van der Waals surface area contributed by atoms with Crippen LogP contribution < -0.4 is 15.0 Å². The number of nitrogens with one attached hydrogen (secondary N) is 1. The highest BCUT2D eigenvalue weighted by Gasteiger charge is 2.13. The van der Waals surface area contributed by atoms with Crippen molar-refractivity contribution < 1.29 is 19.5 Å². The van der Waals surface area contributed by atoms with Crippen LogP contribution in [0.25, 0.3) is 0 Å². The summed E-state index contributed by atoms with van der Waals surface area (Å²) in [7, 11) is 0. The van der Waals surface area contributed by atoms with Crippen LogP contribution in [0, 0.1) is 0 Å². The summed E-state index contributed by atoms with van der Waals surface area (Å²) in [5, 5.41) is 16.7. The van der Waals surface area contributed by atoms with Crippen molar-refractivity contribution in [1.29, 1.82) is 0 Å². The van der Waals surface area contributed by atoms with E-state index in [0.717, 1.165) is 35.6 Å². The van der Waals surface area contributed by atoms with Gasteiger partial charge in [-0.3, -0.25) is 10.0 Å². The van der Waals surface area contributed by atoms with Gasteiger partial charge in [0.05, 0.1) is 12.2 Å². The molecule has 1 aromatic carbocycles. The summed E-state index contributed by atoms with van der Waals surface area (Å²) in [5.41, 5.74) is 3.57. The predicted molar refractivity (Wildman–Crippen MR) is 79.2 cm³/mol. The summed E-state index contributed by atoms with van der Waals surface area (Å²) >= 11 is 0. The number of benzene rings is 1. The van der Waals surface area contributed by atoms with Crippen molar-refractivity contribution in [2.24, 2.45) is 0 Å². The average Bonchev–Trinajstić information content (AvgIpc) is 3.20. The van der Waals surface area contributed by atoms with Crippen molar-refractivity contribution in [3.63, 3.8) is 0 Å². The summed E-state index contributed by atoms with van der Waals surface area (Å²) in [6, 6.07) is 5.81. The van der Waals surface area contributed by atoms with Gasteiger partial charge in [-0.1, -0.05) is 11.3 Å². The lowest BCUT2D eigenvalue weighted by molar-refractivity contribution is -0.129. The van der Waals surface area contributed by atoms with Gasteiger partial charge >= 0.3 is 0 Å². The molecule has 0 radical (unpaired) electrons. The second kappa shape index (κ2) is 7.10. The summed E-state index contributed by atoms with van der Waals surface area (Å²) in [5.74, 6) is 1.15. The molecule has 0 atom stereocenters. The largest absolute Gasteiger partial charge is 0.454 e. The van der Waals surface area contributed by atoms with E-state index in [1.54, 1.807) is 10.2 Å². The van der Waals surface area contributed by atoms with E-state index >= 15 is 0 Å². The molecule has 2 N–H and O–H groups in total. The van der Waals surface area contributed by atoms with E-state index < -0.39 is 0 Å². The van der Waals surface area contributed by atoms with Crippen LogP contribution in [0.1, 0.15) is 30.5 Å². The number of amides is 1. The number of hydrogen-bond acceptors (Lipinski definition) is 6. The smallest absolute Gasteiger partial charge is 0.243 e. The first-order valence-electron chi connectivity index (χ1n) is 7.45. The minimum absolute atomic E-state index is 0.264. The Morgan fingerprint density at radius 1 is 1.30 bits per heavy atom. The van der Waals surface area contributed by atoms with Gasteiger partial charge in [0, 0.05) is 12.6 Å². The zero-order chi connectivity index (χ0) is 16.1. The molecule has 1 aliphatic rings. The van der Waals surface area contributed by atoms with Crippen LogP contribution in [0.4, 0.5) is 0 Å². The number of aromatic nitrogens is 3. The monoisotopic (exact) mass is 318 g/mol. The van der Waals surface area contributed by atoms with E-state index in [-0.39, 0.29) is 12.7 Å². The maximum atomic E-state index is 10.9. The minimum Gasteiger partial charge on any atom is -0.454 e. The number of hydroxylamine groups is 1. The zero-order valence-electron chi connectivity index (χ0n) is 12.6. The lowest BCUT2D eigenvalue weighted by Crippen LogP contribution is -2.17. The summed E-state index contributed by atoms with van der Waals surface area (Å²) in [4.78, 5) is 10.9. The van der Waals surface area contributed by atoms with Crippen molar-refractivity contribution >= 4 is 5.91 Å². The Kier molecular flexibility index (Phi) is 4.72. The van der Waals surface area contributed by atoms with E-state index in [4.69, 9.17) is 14.7 Å². The number of unbranched alkanes of at least 4 members (excludes halogenated alkanes) is 1. The molecule has 0 unspecified atom stereocenters. The van der Waals surface area contributed by atoms with E-state index in [1.165, 1.54) is 0 Å². The standard InChI is InChI=1S/C15H18N4O4/c20-15(17-21)4-2-1-3-12-9-19(18-16-12)8-11-5-6-13-14(7-11)23-10-22-13/h5-7,9,21H,1-4,8,10H2,(H,17,20). The third kappa shape index (κ3) is 3.98. The number of nitrogens with zero attached hydrogens (tertiary/aromatic N) is 3. The molecule has 0 spiro atoms. The van der Waals surface area contributed by atoms with Crippen LogP contribution >= 0.6 is 0 Å². The van der Waals surface area contributed by atoms with Crippen LogP contribution in [0.5, 0.6) is 11.5 Å². The Morgan fingerprint density at radius 2 is 2.17 bits per heavy atom. The second-order valence-corrected chi connectivity index (χ2v) is 5.34. The van der Waals surface area contributed by atoms with Crippen molar-refractivity contribution in [3.8, 4) is 11.5 Å². The highest BCUT2D eigenvalue weighted by atomic mass is 16.7. The van der Waals surface area contributed by atoms with Crippen molar-refractivity contribution in [3.05, 3.63) is 35.7 Å². The van der Waals surface area contributed by atoms with Crippen LogP contribution in [0.3, 0.4) is 0 Å². The Balaban J connectivity index is 1.50. The van der Waals surface area contributed by atoms with Gasteiger partial charge in [-0.2, -0.15) is 0 Å². The summed E-state index contributed by atoms with van der Waals surface area (Å²) in [6.45, 7) is 0.872. The van der Waals surface area contributed by atoms with Crippen molar-refractivity contribution in [1.82, 2.24) is 20.5 Å². The molecule has 0 saturated heterocycles. The molecule has 8 heteroatoms. The second-order valence-electron chi connectivity index (χ2n) is 5.34. The molecule has 1 aromatic heterocycles. The van der Waals surface area contributed by atoms with Gasteiger partial charge in [0.2, 0.25) is 12.7 Å². The fraction of sp³-hybridized carbons (Fsp3) is 0.400. The first kappa shape index (κ1) is 15.3. The van der Waals surface area contributed by atoms with Gasteiger partial charge in [-0.05, 0) is 37.0 Å². The Hall–Kier alpha value is -2.61. The maximum absolute atomic E-state index is 10.9. The Labute approximate surface area is 133 Å². The highest BCUT2D eigenvalue weighted by molar-refractivity contribution is 5.74. The van der Waals surface area contributed by atoms with Crippen LogP contribution in [0.2, 0.25) is 0 Å². The topological polar surface area (TPSA) is 98.5 Å². The molecular weight excluding hydrogens is 300 g/mol. The Morgan fingerprint density at radius 3 is 3.04 bits per heavy atom. The molecule has 23 heavy (non-hydrogen) atoms. The number of ether oxygens (including phenoxy) is 2. The quantitative estimate of drug-likeness (QED) is 0.453. The molecule has 0 bridgehead atoms. The van der Waals surface area contributed by atoms with Gasteiger partial charge in [-0.25, -0.2) is 10.2 Å². The maximum Gasteiger partial charge on any atom is 0.243 e. The van der Waals surface area contributed by atoms with E-state index in [9.17, 15) is 4.79 Å². The number of aryl methyl sites for hydroxylation is 1. The van der Waals surface area contributed by atoms with Crippen molar-refractivity contribution in [2.45, 2.75) is 32.2 Å². The average molecular weight is 318 g/mol. The molecule has 0 fully saturated rings. The van der Waals surface area contributed by atoms with Gasteiger partial charge < -0.3 is 9.47 Å². The molecule has 1 aliphatic heterocycles. The SMILES string of the molecule is O=C(CCCCc1cn(Cc2ccc3c(c2)OCO3)nn1)NO. The number of carbonyl (C=O) groups is 1. The molecule has 8 nitrogen and oxygen atoms in total.